The topological polar surface area (TPSA) is 76.0 Å². The van der Waals surface area contributed by atoms with Crippen LogP contribution in [0.2, 0.25) is 0 Å². The first kappa shape index (κ1) is 25.6. The van der Waals surface area contributed by atoms with E-state index in [4.69, 9.17) is 9.47 Å². The maximum atomic E-state index is 12.0. The Bertz CT molecular complexity index is 916. The van der Waals surface area contributed by atoms with Crippen LogP contribution in [0.25, 0.3) is 0 Å². The van der Waals surface area contributed by atoms with Crippen molar-refractivity contribution in [2.24, 2.45) is 0 Å². The molecule has 0 aliphatic heterocycles. The first-order valence-corrected chi connectivity index (χ1v) is 11.6. The Hall–Kier alpha value is -2.99. The lowest BCUT2D eigenvalue weighted by atomic mass is 9.80. The summed E-state index contributed by atoms with van der Waals surface area (Å²) >= 11 is 0. The van der Waals surface area contributed by atoms with E-state index in [9.17, 15) is 15.0 Å². The summed E-state index contributed by atoms with van der Waals surface area (Å²) in [5.74, 6) is -0.500. The summed E-state index contributed by atoms with van der Waals surface area (Å²) in [5.41, 5.74) is 1.19. The zero-order chi connectivity index (χ0) is 24.6. The highest BCUT2D eigenvalue weighted by Crippen LogP contribution is 2.40. The minimum Gasteiger partial charge on any atom is -0.460 e. The molecule has 0 aromatic heterocycles. The number of hydrogen-bond donors (Lipinski definition) is 2. The summed E-state index contributed by atoms with van der Waals surface area (Å²) in [5, 5.41) is 21.1. The van der Waals surface area contributed by atoms with Crippen molar-refractivity contribution in [1.29, 1.82) is 0 Å². The molecular formula is C29H34O5. The van der Waals surface area contributed by atoms with Crippen molar-refractivity contribution in [2.45, 2.75) is 57.0 Å². The van der Waals surface area contributed by atoms with E-state index in [1.54, 1.807) is 20.8 Å². The Kier molecular flexibility index (Phi) is 8.61. The van der Waals surface area contributed by atoms with Crippen LogP contribution in [0.15, 0.2) is 91.0 Å². The average Bonchev–Trinajstić information content (AvgIpc) is 2.80. The third-order valence-corrected chi connectivity index (χ3v) is 5.40. The summed E-state index contributed by atoms with van der Waals surface area (Å²) in [7, 11) is 0. The van der Waals surface area contributed by atoms with Crippen molar-refractivity contribution in [3.05, 3.63) is 108 Å². The molecule has 0 radical (unpaired) electrons. The van der Waals surface area contributed by atoms with E-state index in [1.807, 2.05) is 91.0 Å². The van der Waals surface area contributed by atoms with Crippen LogP contribution in [-0.2, 0) is 19.9 Å². The second kappa shape index (κ2) is 11.4. The fraction of sp³-hybridized carbons (Fsp3) is 0.345. The van der Waals surface area contributed by atoms with E-state index in [0.717, 1.165) is 16.7 Å². The molecule has 0 saturated carbocycles. The Balaban J connectivity index is 1.84. The number of rotatable bonds is 10. The molecule has 0 saturated heterocycles. The van der Waals surface area contributed by atoms with Gasteiger partial charge in [0.2, 0.25) is 0 Å². The molecule has 2 atom stereocenters. The van der Waals surface area contributed by atoms with Gasteiger partial charge in [0.25, 0.3) is 0 Å². The first-order valence-electron chi connectivity index (χ1n) is 11.6. The smallest absolute Gasteiger partial charge is 0.308 e. The zero-order valence-corrected chi connectivity index (χ0v) is 20.1. The van der Waals surface area contributed by atoms with Gasteiger partial charge in [-0.2, -0.15) is 0 Å². The monoisotopic (exact) mass is 462 g/mol. The highest BCUT2D eigenvalue weighted by Gasteiger charge is 2.38. The van der Waals surface area contributed by atoms with Crippen molar-refractivity contribution in [3.63, 3.8) is 0 Å². The third kappa shape index (κ3) is 6.76. The number of hydrogen-bond acceptors (Lipinski definition) is 5. The maximum Gasteiger partial charge on any atom is 0.308 e. The second-order valence-electron chi connectivity index (χ2n) is 9.42. The highest BCUT2D eigenvalue weighted by molar-refractivity contribution is 5.70. The number of aliphatic hydroxyl groups excluding tert-OH is 2. The molecule has 0 unspecified atom stereocenters. The lowest BCUT2D eigenvalue weighted by Crippen LogP contribution is -2.36. The van der Waals surface area contributed by atoms with Gasteiger partial charge in [-0.15, -0.1) is 0 Å². The van der Waals surface area contributed by atoms with Crippen LogP contribution in [0.4, 0.5) is 0 Å². The van der Waals surface area contributed by atoms with Gasteiger partial charge in [0.1, 0.15) is 11.2 Å². The molecular weight excluding hydrogens is 428 g/mol. The minimum atomic E-state index is -1.03. The summed E-state index contributed by atoms with van der Waals surface area (Å²) in [6, 6.07) is 29.6. The lowest BCUT2D eigenvalue weighted by Gasteiger charge is -2.36. The number of carbonyl (C=O) groups excluding carboxylic acids is 1. The average molecular weight is 463 g/mol. The zero-order valence-electron chi connectivity index (χ0n) is 20.1. The van der Waals surface area contributed by atoms with Gasteiger partial charge in [-0.05, 0) is 37.5 Å². The van der Waals surface area contributed by atoms with Crippen molar-refractivity contribution in [1.82, 2.24) is 0 Å². The molecule has 0 aliphatic rings. The second-order valence-corrected chi connectivity index (χ2v) is 9.42. The van der Waals surface area contributed by atoms with Crippen LogP contribution >= 0.6 is 0 Å². The fourth-order valence-electron chi connectivity index (χ4n) is 4.03. The van der Waals surface area contributed by atoms with Gasteiger partial charge in [0.05, 0.1) is 25.2 Å². The number of benzene rings is 3. The Morgan fingerprint density at radius 1 is 0.735 bits per heavy atom. The predicted molar refractivity (Wildman–Crippen MR) is 132 cm³/mol. The molecule has 0 spiro atoms. The van der Waals surface area contributed by atoms with E-state index in [2.05, 4.69) is 0 Å². The number of aliphatic hydroxyl groups is 2. The summed E-state index contributed by atoms with van der Waals surface area (Å²) < 4.78 is 11.8. The quantitative estimate of drug-likeness (QED) is 0.333. The largest absolute Gasteiger partial charge is 0.460 e. The summed E-state index contributed by atoms with van der Waals surface area (Å²) in [6.45, 7) is 5.28. The molecule has 5 nitrogen and oxygen atoms in total. The van der Waals surface area contributed by atoms with Gasteiger partial charge < -0.3 is 19.7 Å². The van der Waals surface area contributed by atoms with Crippen molar-refractivity contribution < 1.29 is 24.5 Å². The summed E-state index contributed by atoms with van der Waals surface area (Å²) in [6.07, 6.45) is -2.20. The molecule has 0 heterocycles. The Morgan fingerprint density at radius 2 is 1.15 bits per heavy atom. The molecule has 0 bridgehead atoms. The lowest BCUT2D eigenvalue weighted by molar-refractivity contribution is -0.157. The summed E-state index contributed by atoms with van der Waals surface area (Å²) in [4.78, 5) is 12.0. The molecule has 5 heteroatoms. The van der Waals surface area contributed by atoms with E-state index in [-0.39, 0.29) is 19.4 Å². The molecule has 0 fully saturated rings. The van der Waals surface area contributed by atoms with E-state index in [0.29, 0.717) is 0 Å². The van der Waals surface area contributed by atoms with Gasteiger partial charge in [0.15, 0.2) is 0 Å². The Morgan fingerprint density at radius 3 is 1.53 bits per heavy atom. The van der Waals surface area contributed by atoms with E-state index >= 15 is 0 Å². The van der Waals surface area contributed by atoms with Gasteiger partial charge in [-0.1, -0.05) is 91.0 Å². The van der Waals surface area contributed by atoms with Gasteiger partial charge in [0, 0.05) is 6.42 Å². The van der Waals surface area contributed by atoms with Gasteiger partial charge in [-0.3, -0.25) is 4.79 Å². The van der Waals surface area contributed by atoms with Crippen molar-refractivity contribution >= 4 is 5.97 Å². The molecule has 34 heavy (non-hydrogen) atoms. The number of ether oxygens (including phenoxy) is 2. The normalized spacial score (nSPS) is 13.8. The van der Waals surface area contributed by atoms with Crippen LogP contribution in [0.5, 0.6) is 0 Å². The number of carbonyl (C=O) groups is 1. The highest BCUT2D eigenvalue weighted by atomic mass is 16.6. The molecule has 3 aromatic carbocycles. The van der Waals surface area contributed by atoms with Crippen LogP contribution in [0.3, 0.4) is 0 Å². The van der Waals surface area contributed by atoms with E-state index < -0.39 is 29.4 Å². The van der Waals surface area contributed by atoms with E-state index in [1.165, 1.54) is 0 Å². The number of esters is 1. The molecule has 0 aliphatic carbocycles. The first-order chi connectivity index (χ1) is 16.2. The van der Waals surface area contributed by atoms with Crippen LogP contribution in [0.1, 0.15) is 50.3 Å². The van der Waals surface area contributed by atoms with Crippen LogP contribution in [0, 0.1) is 0 Å². The Labute approximate surface area is 202 Å². The van der Waals surface area contributed by atoms with Crippen LogP contribution in [-0.4, -0.2) is 40.6 Å². The van der Waals surface area contributed by atoms with Crippen LogP contribution < -0.4 is 0 Å². The molecule has 3 rings (SSSR count). The fourth-order valence-corrected chi connectivity index (χ4v) is 4.03. The van der Waals surface area contributed by atoms with Crippen molar-refractivity contribution in [3.8, 4) is 0 Å². The molecule has 180 valence electrons. The SMILES string of the molecule is CC(C)(C)OC(=O)C[C@@H](O)C[C@@H](O)COC(c1ccccc1)(c1ccccc1)c1ccccc1. The van der Waals surface area contributed by atoms with Crippen molar-refractivity contribution in [2.75, 3.05) is 6.61 Å². The maximum absolute atomic E-state index is 12.0. The van der Waals surface area contributed by atoms with Gasteiger partial charge >= 0.3 is 5.97 Å². The minimum absolute atomic E-state index is 0.00626. The standard InChI is InChI=1S/C29H34O5/c1-28(2,3)34-27(32)20-25(30)19-26(31)21-33-29(22-13-7-4-8-14-22,23-15-9-5-10-16-23)24-17-11-6-12-18-24/h4-18,25-26,30-31H,19-21H2,1-3H3/t25-,26+/m0/s1. The molecule has 2 N–H and O–H groups in total. The molecule has 3 aromatic rings. The molecule has 0 amide bonds. The predicted octanol–water partition coefficient (Wildman–Crippen LogP) is 4.84. The van der Waals surface area contributed by atoms with Gasteiger partial charge in [-0.25, -0.2) is 0 Å². The third-order valence-electron chi connectivity index (χ3n) is 5.40.